The molecule has 0 spiro atoms. The molecule has 0 rings (SSSR count). The minimum Gasteiger partial charge on any atom is -0.396 e. The van der Waals surface area contributed by atoms with E-state index in [0.29, 0.717) is 13.0 Å². The largest absolute Gasteiger partial charge is 0.396 e. The smallest absolute Gasteiger partial charge is 0.114 e. The van der Waals surface area contributed by atoms with Gasteiger partial charge in [0.1, 0.15) is 6.61 Å². The average Bonchev–Trinajstić information content (AvgIpc) is 1.69. The van der Waals surface area contributed by atoms with E-state index in [-0.39, 0.29) is 0 Å². The van der Waals surface area contributed by atoms with Crippen LogP contribution >= 0.6 is 0 Å². The van der Waals surface area contributed by atoms with E-state index in [4.69, 9.17) is 0 Å². The fraction of sp³-hybridized carbons (Fsp3) is 0.600. The summed E-state index contributed by atoms with van der Waals surface area (Å²) in [6.45, 7) is 6.05. The van der Waals surface area contributed by atoms with E-state index >= 15 is 0 Å². The molecule has 0 aliphatic rings. The molecule has 0 bridgehead atoms. The van der Waals surface area contributed by atoms with Crippen molar-refractivity contribution >= 4 is 6.21 Å². The quantitative estimate of drug-likeness (QED) is 0.386. The van der Waals surface area contributed by atoms with Gasteiger partial charge in [-0.1, -0.05) is 5.16 Å². The summed E-state index contributed by atoms with van der Waals surface area (Å²) in [7, 11) is 0. The van der Waals surface area contributed by atoms with Crippen LogP contribution in [-0.4, -0.2) is 12.8 Å². The molecule has 0 aliphatic heterocycles. The summed E-state index contributed by atoms with van der Waals surface area (Å²) in [6.07, 6.45) is 2.32. The zero-order chi connectivity index (χ0) is 5.54. The lowest BCUT2D eigenvalue weighted by molar-refractivity contribution is 0.160. The molecule has 0 aromatic carbocycles. The molecule has 0 aliphatic carbocycles. The molecule has 0 N–H and O–H groups in total. The van der Waals surface area contributed by atoms with Crippen LogP contribution in [0.25, 0.3) is 0 Å². The lowest BCUT2D eigenvalue weighted by Gasteiger charge is -1.86. The zero-order valence-corrected chi connectivity index (χ0v) is 4.55. The molecule has 0 amide bonds. The Labute approximate surface area is 44.2 Å². The maximum Gasteiger partial charge on any atom is 0.114 e. The summed E-state index contributed by atoms with van der Waals surface area (Å²) in [5, 5.41) is 3.52. The predicted octanol–water partition coefficient (Wildman–Crippen LogP) is 1.23. The van der Waals surface area contributed by atoms with Crippen LogP contribution in [0.5, 0.6) is 0 Å². The van der Waals surface area contributed by atoms with Crippen LogP contribution in [0.15, 0.2) is 5.16 Å². The standard InChI is InChI=1S/C5H10NO/c1-3-5-6-7-4-2/h5H,1,3-4H2,2H3/b6-5-. The zero-order valence-electron chi connectivity index (χ0n) is 4.55. The SMILES string of the molecule is [CH2]C/C=N\OCC. The van der Waals surface area contributed by atoms with Crippen molar-refractivity contribution in [2.24, 2.45) is 5.16 Å². The van der Waals surface area contributed by atoms with Crippen molar-refractivity contribution in [2.45, 2.75) is 13.3 Å². The fourth-order valence-electron chi connectivity index (χ4n) is 0.180. The molecule has 41 valence electrons. The van der Waals surface area contributed by atoms with Gasteiger partial charge in [-0.15, -0.1) is 0 Å². The number of rotatable bonds is 3. The first-order valence-corrected chi connectivity index (χ1v) is 2.34. The first-order valence-electron chi connectivity index (χ1n) is 2.34. The highest BCUT2D eigenvalue weighted by molar-refractivity contribution is 5.56. The number of nitrogens with zero attached hydrogens (tertiary/aromatic N) is 1. The lowest BCUT2D eigenvalue weighted by Crippen LogP contribution is -1.78. The van der Waals surface area contributed by atoms with Crippen LogP contribution in [0.1, 0.15) is 13.3 Å². The van der Waals surface area contributed by atoms with Gasteiger partial charge in [0, 0.05) is 6.21 Å². The Morgan fingerprint density at radius 2 is 2.57 bits per heavy atom. The van der Waals surface area contributed by atoms with Gasteiger partial charge in [-0.25, -0.2) is 0 Å². The highest BCUT2D eigenvalue weighted by atomic mass is 16.6. The topological polar surface area (TPSA) is 21.6 Å². The molecule has 0 unspecified atom stereocenters. The molecular weight excluding hydrogens is 90.1 g/mol. The van der Waals surface area contributed by atoms with Crippen LogP contribution < -0.4 is 0 Å². The Balaban J connectivity index is 2.78. The van der Waals surface area contributed by atoms with E-state index < -0.39 is 0 Å². The highest BCUT2D eigenvalue weighted by Gasteiger charge is 1.66. The summed E-state index contributed by atoms with van der Waals surface area (Å²) in [5.41, 5.74) is 0. The first kappa shape index (κ1) is 6.47. The first-order chi connectivity index (χ1) is 3.41. The van der Waals surface area contributed by atoms with Crippen molar-refractivity contribution < 1.29 is 4.84 Å². The molecule has 0 fully saturated rings. The fourth-order valence-corrected chi connectivity index (χ4v) is 0.180. The van der Waals surface area contributed by atoms with Crippen molar-refractivity contribution in [3.63, 3.8) is 0 Å². The molecule has 0 aromatic rings. The Hall–Kier alpha value is -0.530. The van der Waals surface area contributed by atoms with Crippen LogP contribution in [-0.2, 0) is 4.84 Å². The molecule has 1 radical (unpaired) electrons. The van der Waals surface area contributed by atoms with Crippen LogP contribution in [0, 0.1) is 6.92 Å². The lowest BCUT2D eigenvalue weighted by atomic mass is 10.6. The Morgan fingerprint density at radius 1 is 1.86 bits per heavy atom. The van der Waals surface area contributed by atoms with Crippen molar-refractivity contribution in [1.29, 1.82) is 0 Å². The van der Waals surface area contributed by atoms with Gasteiger partial charge in [-0.2, -0.15) is 0 Å². The number of hydrogen-bond donors (Lipinski definition) is 0. The van der Waals surface area contributed by atoms with Gasteiger partial charge in [-0.3, -0.25) is 0 Å². The Morgan fingerprint density at radius 3 is 3.00 bits per heavy atom. The maximum atomic E-state index is 4.60. The summed E-state index contributed by atoms with van der Waals surface area (Å²) >= 11 is 0. The monoisotopic (exact) mass is 100 g/mol. The van der Waals surface area contributed by atoms with Gasteiger partial charge in [0.15, 0.2) is 0 Å². The normalized spacial score (nSPS) is 10.0. The molecule has 7 heavy (non-hydrogen) atoms. The molecule has 0 saturated heterocycles. The van der Waals surface area contributed by atoms with Gasteiger partial charge < -0.3 is 4.84 Å². The van der Waals surface area contributed by atoms with E-state index in [1.165, 1.54) is 0 Å². The van der Waals surface area contributed by atoms with Crippen LogP contribution in [0.2, 0.25) is 0 Å². The van der Waals surface area contributed by atoms with Crippen LogP contribution in [0.4, 0.5) is 0 Å². The van der Waals surface area contributed by atoms with Crippen molar-refractivity contribution in [3.8, 4) is 0 Å². The molecule has 2 nitrogen and oxygen atoms in total. The second kappa shape index (κ2) is 5.47. The summed E-state index contributed by atoms with van der Waals surface area (Å²) < 4.78 is 0. The molecule has 0 aromatic heterocycles. The van der Waals surface area contributed by atoms with Crippen molar-refractivity contribution in [2.75, 3.05) is 6.61 Å². The van der Waals surface area contributed by atoms with Gasteiger partial charge in [0.25, 0.3) is 0 Å². The molecule has 2 heteroatoms. The van der Waals surface area contributed by atoms with Crippen molar-refractivity contribution in [1.82, 2.24) is 0 Å². The Bertz CT molecular complexity index is 52.0. The number of hydrogen-bond acceptors (Lipinski definition) is 2. The van der Waals surface area contributed by atoms with Crippen molar-refractivity contribution in [3.05, 3.63) is 6.92 Å². The minimum absolute atomic E-state index is 0.635. The van der Waals surface area contributed by atoms with E-state index in [1.807, 2.05) is 6.92 Å². The van der Waals surface area contributed by atoms with Gasteiger partial charge in [0.2, 0.25) is 0 Å². The van der Waals surface area contributed by atoms with Gasteiger partial charge in [-0.05, 0) is 20.3 Å². The van der Waals surface area contributed by atoms with E-state index in [2.05, 4.69) is 16.9 Å². The highest BCUT2D eigenvalue weighted by Crippen LogP contribution is 1.72. The second-order valence-electron chi connectivity index (χ2n) is 0.994. The second-order valence-corrected chi connectivity index (χ2v) is 0.994. The number of oxime groups is 1. The Kier molecular flexibility index (Phi) is 5.06. The van der Waals surface area contributed by atoms with E-state index in [9.17, 15) is 0 Å². The van der Waals surface area contributed by atoms with Crippen LogP contribution in [0.3, 0.4) is 0 Å². The third-order valence-corrected chi connectivity index (χ3v) is 0.407. The van der Waals surface area contributed by atoms with E-state index in [1.54, 1.807) is 6.21 Å². The third kappa shape index (κ3) is 5.47. The summed E-state index contributed by atoms with van der Waals surface area (Å²) in [5.74, 6) is 0. The molecule has 0 atom stereocenters. The summed E-state index contributed by atoms with van der Waals surface area (Å²) in [4.78, 5) is 4.60. The van der Waals surface area contributed by atoms with Gasteiger partial charge in [0.05, 0.1) is 0 Å². The van der Waals surface area contributed by atoms with Gasteiger partial charge >= 0.3 is 0 Å². The predicted molar refractivity (Wildman–Crippen MR) is 30.1 cm³/mol. The summed E-state index contributed by atoms with van der Waals surface area (Å²) in [6, 6.07) is 0. The molecule has 0 saturated carbocycles. The molecular formula is C5H10NO. The third-order valence-electron chi connectivity index (χ3n) is 0.407. The average molecular weight is 100 g/mol. The maximum absolute atomic E-state index is 4.60. The minimum atomic E-state index is 0.635. The van der Waals surface area contributed by atoms with E-state index in [0.717, 1.165) is 0 Å². The molecule has 0 heterocycles.